The van der Waals surface area contributed by atoms with Crippen molar-refractivity contribution in [1.29, 1.82) is 0 Å². The SMILES string of the molecule is Cc1nn(CC(=O)NCc2ccccc2)c(C)c1I. The molecule has 2 aromatic rings. The summed E-state index contributed by atoms with van der Waals surface area (Å²) in [5.74, 6) is -0.0224. The van der Waals surface area contributed by atoms with Crippen LogP contribution in [0.1, 0.15) is 17.0 Å². The minimum absolute atomic E-state index is 0.0224. The number of amides is 1. The van der Waals surface area contributed by atoms with Gasteiger partial charge in [0.05, 0.1) is 9.26 Å². The second kappa shape index (κ2) is 6.18. The van der Waals surface area contributed by atoms with Crippen LogP contribution < -0.4 is 5.32 Å². The molecule has 4 nitrogen and oxygen atoms in total. The van der Waals surface area contributed by atoms with Crippen LogP contribution >= 0.6 is 22.6 Å². The highest BCUT2D eigenvalue weighted by atomic mass is 127. The third-order valence-electron chi connectivity index (χ3n) is 2.92. The summed E-state index contributed by atoms with van der Waals surface area (Å²) in [5, 5.41) is 7.25. The molecule has 0 aliphatic carbocycles. The van der Waals surface area contributed by atoms with Crippen molar-refractivity contribution in [2.75, 3.05) is 0 Å². The number of hydrogen-bond donors (Lipinski definition) is 1. The van der Waals surface area contributed by atoms with Crippen molar-refractivity contribution in [3.63, 3.8) is 0 Å². The van der Waals surface area contributed by atoms with Gasteiger partial charge >= 0.3 is 0 Å². The Hall–Kier alpha value is -1.37. The van der Waals surface area contributed by atoms with E-state index in [4.69, 9.17) is 0 Å². The minimum Gasteiger partial charge on any atom is -0.350 e. The van der Waals surface area contributed by atoms with Crippen molar-refractivity contribution in [2.45, 2.75) is 26.9 Å². The number of carbonyl (C=O) groups excluding carboxylic acids is 1. The first kappa shape index (κ1) is 14.0. The van der Waals surface area contributed by atoms with Crippen molar-refractivity contribution in [3.05, 3.63) is 50.9 Å². The standard InChI is InChI=1S/C14H16IN3O/c1-10-14(15)11(2)18(17-10)9-13(19)16-8-12-6-4-3-5-7-12/h3-7H,8-9H2,1-2H3,(H,16,19). The average Bonchev–Trinajstić information content (AvgIpc) is 2.65. The van der Waals surface area contributed by atoms with Gasteiger partial charge in [-0.25, -0.2) is 0 Å². The summed E-state index contributed by atoms with van der Waals surface area (Å²) in [6, 6.07) is 9.87. The molecule has 0 spiro atoms. The van der Waals surface area contributed by atoms with Gasteiger partial charge < -0.3 is 5.32 Å². The van der Waals surface area contributed by atoms with Gasteiger partial charge in [0.25, 0.3) is 0 Å². The van der Waals surface area contributed by atoms with Crippen LogP contribution in [0.3, 0.4) is 0 Å². The molecule has 1 N–H and O–H groups in total. The lowest BCUT2D eigenvalue weighted by Gasteiger charge is -2.07. The molecule has 5 heteroatoms. The number of carbonyl (C=O) groups is 1. The smallest absolute Gasteiger partial charge is 0.242 e. The maximum absolute atomic E-state index is 11.9. The van der Waals surface area contributed by atoms with Gasteiger partial charge in [0.1, 0.15) is 6.54 Å². The maximum Gasteiger partial charge on any atom is 0.242 e. The zero-order valence-corrected chi connectivity index (χ0v) is 13.1. The normalized spacial score (nSPS) is 10.5. The lowest BCUT2D eigenvalue weighted by molar-refractivity contribution is -0.122. The van der Waals surface area contributed by atoms with E-state index in [2.05, 4.69) is 33.0 Å². The highest BCUT2D eigenvalue weighted by Crippen LogP contribution is 2.14. The van der Waals surface area contributed by atoms with Crippen LogP contribution in [0.25, 0.3) is 0 Å². The van der Waals surface area contributed by atoms with E-state index < -0.39 is 0 Å². The molecule has 0 aliphatic rings. The predicted molar refractivity (Wildman–Crippen MR) is 82.7 cm³/mol. The van der Waals surface area contributed by atoms with Crippen molar-refractivity contribution < 1.29 is 4.79 Å². The number of nitrogens with zero attached hydrogens (tertiary/aromatic N) is 2. The number of halogens is 1. The Kier molecular flexibility index (Phi) is 4.57. The Morgan fingerprint density at radius 3 is 2.58 bits per heavy atom. The van der Waals surface area contributed by atoms with E-state index in [1.807, 2.05) is 44.2 Å². The second-order valence-corrected chi connectivity index (χ2v) is 5.48. The number of benzene rings is 1. The zero-order chi connectivity index (χ0) is 13.8. The summed E-state index contributed by atoms with van der Waals surface area (Å²) in [4.78, 5) is 11.9. The van der Waals surface area contributed by atoms with E-state index in [9.17, 15) is 4.79 Å². The van der Waals surface area contributed by atoms with Crippen molar-refractivity contribution in [3.8, 4) is 0 Å². The third-order valence-corrected chi connectivity index (χ3v) is 4.48. The Balaban J connectivity index is 1.93. The fraction of sp³-hybridized carbons (Fsp3) is 0.286. The molecule has 1 heterocycles. The van der Waals surface area contributed by atoms with Crippen LogP contribution in [0, 0.1) is 17.4 Å². The lowest BCUT2D eigenvalue weighted by Crippen LogP contribution is -2.28. The van der Waals surface area contributed by atoms with Gasteiger partial charge in [-0.15, -0.1) is 0 Å². The molecule has 0 atom stereocenters. The topological polar surface area (TPSA) is 46.9 Å². The molecule has 1 aromatic carbocycles. The van der Waals surface area contributed by atoms with Gasteiger partial charge in [-0.3, -0.25) is 9.48 Å². The molecular weight excluding hydrogens is 353 g/mol. The number of aromatic nitrogens is 2. The molecule has 2 rings (SSSR count). The number of aryl methyl sites for hydroxylation is 1. The van der Waals surface area contributed by atoms with Crippen molar-refractivity contribution >= 4 is 28.5 Å². The van der Waals surface area contributed by atoms with Crippen LogP contribution in [-0.4, -0.2) is 15.7 Å². The average molecular weight is 369 g/mol. The first-order valence-electron chi connectivity index (χ1n) is 6.08. The fourth-order valence-corrected chi connectivity index (χ4v) is 2.20. The number of hydrogen-bond acceptors (Lipinski definition) is 2. The summed E-state index contributed by atoms with van der Waals surface area (Å²) >= 11 is 2.25. The molecule has 0 unspecified atom stereocenters. The monoisotopic (exact) mass is 369 g/mol. The molecule has 0 aliphatic heterocycles. The summed E-state index contributed by atoms with van der Waals surface area (Å²) in [5.41, 5.74) is 3.10. The van der Waals surface area contributed by atoms with Gasteiger partial charge in [-0.1, -0.05) is 30.3 Å². The molecule has 19 heavy (non-hydrogen) atoms. The Labute approximate surface area is 126 Å². The highest BCUT2D eigenvalue weighted by Gasteiger charge is 2.11. The van der Waals surface area contributed by atoms with Crippen LogP contribution in [0.4, 0.5) is 0 Å². The molecule has 1 aromatic heterocycles. The van der Waals surface area contributed by atoms with E-state index >= 15 is 0 Å². The number of rotatable bonds is 4. The van der Waals surface area contributed by atoms with E-state index in [1.54, 1.807) is 4.68 Å². The lowest BCUT2D eigenvalue weighted by atomic mass is 10.2. The Morgan fingerprint density at radius 1 is 1.32 bits per heavy atom. The molecular formula is C14H16IN3O. The Bertz CT molecular complexity index is 578. The van der Waals surface area contributed by atoms with Crippen molar-refractivity contribution in [1.82, 2.24) is 15.1 Å². The van der Waals surface area contributed by atoms with Gasteiger partial charge in [0.2, 0.25) is 5.91 Å². The van der Waals surface area contributed by atoms with Gasteiger partial charge in [-0.2, -0.15) is 5.10 Å². The fourth-order valence-electron chi connectivity index (χ4n) is 1.82. The van der Waals surface area contributed by atoms with Crippen LogP contribution in [0.2, 0.25) is 0 Å². The van der Waals surface area contributed by atoms with Crippen LogP contribution in [0.15, 0.2) is 30.3 Å². The maximum atomic E-state index is 11.9. The largest absolute Gasteiger partial charge is 0.350 e. The van der Waals surface area contributed by atoms with Gasteiger partial charge in [-0.05, 0) is 42.0 Å². The molecule has 0 fully saturated rings. The second-order valence-electron chi connectivity index (χ2n) is 4.40. The van der Waals surface area contributed by atoms with E-state index in [0.717, 1.165) is 20.5 Å². The molecule has 0 saturated carbocycles. The van der Waals surface area contributed by atoms with E-state index in [-0.39, 0.29) is 12.5 Å². The highest BCUT2D eigenvalue weighted by molar-refractivity contribution is 14.1. The summed E-state index contributed by atoms with van der Waals surface area (Å²) < 4.78 is 2.87. The van der Waals surface area contributed by atoms with Gasteiger partial charge in [0.15, 0.2) is 0 Å². The summed E-state index contributed by atoms with van der Waals surface area (Å²) in [7, 11) is 0. The zero-order valence-electron chi connectivity index (χ0n) is 11.0. The van der Waals surface area contributed by atoms with E-state index in [0.29, 0.717) is 6.54 Å². The third kappa shape index (κ3) is 3.56. The quantitative estimate of drug-likeness (QED) is 0.842. The molecule has 0 saturated heterocycles. The van der Waals surface area contributed by atoms with Crippen molar-refractivity contribution in [2.24, 2.45) is 0 Å². The van der Waals surface area contributed by atoms with Crippen LogP contribution in [0.5, 0.6) is 0 Å². The molecule has 0 bridgehead atoms. The van der Waals surface area contributed by atoms with Gasteiger partial charge in [0, 0.05) is 12.2 Å². The first-order chi connectivity index (χ1) is 9.08. The summed E-state index contributed by atoms with van der Waals surface area (Å²) in [6.45, 7) is 4.75. The number of nitrogens with one attached hydrogen (secondary N) is 1. The summed E-state index contributed by atoms with van der Waals surface area (Å²) in [6.07, 6.45) is 0. The Morgan fingerprint density at radius 2 is 2.00 bits per heavy atom. The molecule has 0 radical (unpaired) electrons. The first-order valence-corrected chi connectivity index (χ1v) is 7.16. The minimum atomic E-state index is -0.0224. The predicted octanol–water partition coefficient (Wildman–Crippen LogP) is 2.42. The van der Waals surface area contributed by atoms with E-state index in [1.165, 1.54) is 0 Å². The molecule has 100 valence electrons. The molecule has 1 amide bonds. The van der Waals surface area contributed by atoms with Crippen LogP contribution in [-0.2, 0) is 17.9 Å².